The fourth-order valence-electron chi connectivity index (χ4n) is 3.31. The smallest absolute Gasteiger partial charge is 0.408 e. The molecule has 2 rings (SSSR count). The van der Waals surface area contributed by atoms with Gasteiger partial charge in [0.2, 0.25) is 5.91 Å². The number of aromatic hydroxyl groups is 1. The van der Waals surface area contributed by atoms with Crippen molar-refractivity contribution < 1.29 is 19.4 Å². The van der Waals surface area contributed by atoms with E-state index in [0.29, 0.717) is 17.9 Å². The van der Waals surface area contributed by atoms with Crippen molar-refractivity contribution in [1.82, 2.24) is 10.6 Å². The third kappa shape index (κ3) is 8.37. The first-order chi connectivity index (χ1) is 15.8. The zero-order valence-corrected chi connectivity index (χ0v) is 21.1. The van der Waals surface area contributed by atoms with Crippen LogP contribution < -0.4 is 10.6 Å². The summed E-state index contributed by atoms with van der Waals surface area (Å²) in [6.45, 7) is 8.34. The number of phenolic OH excluding ortho intramolecular Hbond substituents is 1. The first-order valence-corrected chi connectivity index (χ1v) is 11.6. The standard InChI is InChI=1S/C26H34ClN3O4/c1-25(2,3)34-24(33)30-26(4,5)23(32)29-20(13-9-12-17-10-7-6-8-11-17)22(28)19-16-18(27)14-15-21(19)31/h6-8,10-11,14-16,20,28,31H,9,12-13H2,1-5H3,(H,29,32)(H,30,33)/t20-/m1/s1. The monoisotopic (exact) mass is 487 g/mol. The van der Waals surface area contributed by atoms with E-state index in [2.05, 4.69) is 10.6 Å². The Kier molecular flexibility index (Phi) is 9.10. The fraction of sp³-hybridized carbons (Fsp3) is 0.423. The van der Waals surface area contributed by atoms with Gasteiger partial charge in [-0.05, 0) is 77.6 Å². The van der Waals surface area contributed by atoms with Gasteiger partial charge in [-0.3, -0.25) is 4.79 Å². The number of rotatable bonds is 9. The van der Waals surface area contributed by atoms with E-state index in [0.717, 1.165) is 12.0 Å². The Morgan fingerprint density at radius 1 is 1.09 bits per heavy atom. The molecule has 0 saturated carbocycles. The number of nitrogens with one attached hydrogen (secondary N) is 3. The molecule has 0 unspecified atom stereocenters. The molecule has 0 fully saturated rings. The maximum Gasteiger partial charge on any atom is 0.408 e. The van der Waals surface area contributed by atoms with Crippen molar-refractivity contribution in [3.05, 3.63) is 64.7 Å². The third-order valence-electron chi connectivity index (χ3n) is 5.08. The van der Waals surface area contributed by atoms with Crippen molar-refractivity contribution in [1.29, 1.82) is 5.41 Å². The number of halogens is 1. The highest BCUT2D eigenvalue weighted by Gasteiger charge is 2.34. The minimum atomic E-state index is -1.29. The summed E-state index contributed by atoms with van der Waals surface area (Å²) in [6.07, 6.45) is 1.20. The number of phenols is 1. The highest BCUT2D eigenvalue weighted by atomic mass is 35.5. The van der Waals surface area contributed by atoms with Gasteiger partial charge >= 0.3 is 6.09 Å². The van der Waals surface area contributed by atoms with E-state index in [1.807, 2.05) is 30.3 Å². The average molecular weight is 488 g/mol. The largest absolute Gasteiger partial charge is 0.507 e. The first kappa shape index (κ1) is 27.2. The summed E-state index contributed by atoms with van der Waals surface area (Å²) in [5.41, 5.74) is -0.569. The highest BCUT2D eigenvalue weighted by molar-refractivity contribution is 6.31. The predicted octanol–water partition coefficient (Wildman–Crippen LogP) is 5.22. The Morgan fingerprint density at radius 2 is 1.74 bits per heavy atom. The summed E-state index contributed by atoms with van der Waals surface area (Å²) >= 11 is 6.08. The van der Waals surface area contributed by atoms with E-state index >= 15 is 0 Å². The van der Waals surface area contributed by atoms with Crippen molar-refractivity contribution in [2.45, 2.75) is 71.1 Å². The van der Waals surface area contributed by atoms with Crippen LogP contribution in [-0.4, -0.2) is 40.0 Å². The van der Waals surface area contributed by atoms with Crippen LogP contribution in [-0.2, 0) is 16.0 Å². The van der Waals surface area contributed by atoms with Crippen LogP contribution in [0.3, 0.4) is 0 Å². The zero-order valence-electron chi connectivity index (χ0n) is 20.4. The van der Waals surface area contributed by atoms with Crippen LogP contribution in [0, 0.1) is 5.41 Å². The summed E-state index contributed by atoms with van der Waals surface area (Å²) in [5, 5.41) is 24.8. The fourth-order valence-corrected chi connectivity index (χ4v) is 3.48. The van der Waals surface area contributed by atoms with E-state index in [1.165, 1.54) is 18.2 Å². The molecule has 0 aliphatic heterocycles. The van der Waals surface area contributed by atoms with Gasteiger partial charge in [-0.25, -0.2) is 4.79 Å². The van der Waals surface area contributed by atoms with Crippen LogP contribution in [0.15, 0.2) is 48.5 Å². The molecule has 0 bridgehead atoms. The normalized spacial score (nSPS) is 12.5. The third-order valence-corrected chi connectivity index (χ3v) is 5.32. The van der Waals surface area contributed by atoms with Gasteiger partial charge in [-0.15, -0.1) is 0 Å². The van der Waals surface area contributed by atoms with E-state index in [9.17, 15) is 14.7 Å². The molecule has 34 heavy (non-hydrogen) atoms. The quantitative estimate of drug-likeness (QED) is 0.363. The molecular weight excluding hydrogens is 454 g/mol. The molecule has 1 atom stereocenters. The van der Waals surface area contributed by atoms with Gasteiger partial charge in [-0.1, -0.05) is 41.9 Å². The lowest BCUT2D eigenvalue weighted by Gasteiger charge is -2.30. The van der Waals surface area contributed by atoms with Gasteiger partial charge in [0.05, 0.1) is 11.8 Å². The molecule has 4 N–H and O–H groups in total. The second-order valence-electron chi connectivity index (χ2n) is 9.73. The summed E-state index contributed by atoms with van der Waals surface area (Å²) in [4.78, 5) is 25.4. The van der Waals surface area contributed by atoms with Crippen LogP contribution >= 0.6 is 11.6 Å². The predicted molar refractivity (Wildman–Crippen MR) is 135 cm³/mol. The second kappa shape index (κ2) is 11.4. The molecule has 0 spiro atoms. The van der Waals surface area contributed by atoms with Crippen LogP contribution in [0.1, 0.15) is 58.6 Å². The summed E-state index contributed by atoms with van der Waals surface area (Å²) in [6, 6.07) is 13.7. The average Bonchev–Trinajstić information content (AvgIpc) is 2.73. The molecular formula is C26H34ClN3O4. The van der Waals surface area contributed by atoms with Crippen molar-refractivity contribution in [3.8, 4) is 5.75 Å². The minimum absolute atomic E-state index is 0.0366. The van der Waals surface area contributed by atoms with E-state index in [1.54, 1.807) is 34.6 Å². The molecule has 2 aromatic carbocycles. The second-order valence-corrected chi connectivity index (χ2v) is 10.2. The lowest BCUT2D eigenvalue weighted by molar-refractivity contribution is -0.126. The summed E-state index contributed by atoms with van der Waals surface area (Å²) in [5.74, 6) is -0.572. The molecule has 0 saturated heterocycles. The van der Waals surface area contributed by atoms with Crippen molar-refractivity contribution in [2.24, 2.45) is 0 Å². The molecule has 0 aromatic heterocycles. The molecule has 7 nitrogen and oxygen atoms in total. The minimum Gasteiger partial charge on any atom is -0.507 e. The maximum absolute atomic E-state index is 13.1. The molecule has 2 aromatic rings. The number of amides is 2. The van der Waals surface area contributed by atoms with E-state index in [4.69, 9.17) is 21.7 Å². The number of hydrogen-bond donors (Lipinski definition) is 4. The number of aryl methyl sites for hydroxylation is 1. The molecule has 0 aliphatic carbocycles. The number of benzene rings is 2. The van der Waals surface area contributed by atoms with Crippen molar-refractivity contribution >= 4 is 29.3 Å². The molecule has 0 aliphatic rings. The summed E-state index contributed by atoms with van der Waals surface area (Å²) < 4.78 is 5.27. The van der Waals surface area contributed by atoms with Gasteiger partial charge < -0.3 is 25.9 Å². The van der Waals surface area contributed by atoms with Gasteiger partial charge in [0.25, 0.3) is 0 Å². The number of ether oxygens (including phenoxy) is 1. The Morgan fingerprint density at radius 3 is 2.35 bits per heavy atom. The molecule has 2 amide bonds. The Bertz CT molecular complexity index is 1020. The number of alkyl carbamates (subject to hydrolysis) is 1. The Labute approximate surface area is 206 Å². The Hall–Kier alpha value is -3.06. The number of hydrogen-bond acceptors (Lipinski definition) is 5. The molecule has 0 heterocycles. The van der Waals surface area contributed by atoms with Crippen molar-refractivity contribution in [3.63, 3.8) is 0 Å². The van der Waals surface area contributed by atoms with Crippen LogP contribution in [0.5, 0.6) is 5.75 Å². The van der Waals surface area contributed by atoms with Gasteiger partial charge in [-0.2, -0.15) is 0 Å². The maximum atomic E-state index is 13.1. The topological polar surface area (TPSA) is 112 Å². The van der Waals surface area contributed by atoms with Crippen LogP contribution in [0.4, 0.5) is 4.79 Å². The van der Waals surface area contributed by atoms with Crippen LogP contribution in [0.2, 0.25) is 5.02 Å². The first-order valence-electron chi connectivity index (χ1n) is 11.2. The number of carbonyl (C=O) groups is 2. The molecule has 184 valence electrons. The summed E-state index contributed by atoms with van der Waals surface area (Å²) in [7, 11) is 0. The lowest BCUT2D eigenvalue weighted by Crippen LogP contribution is -2.58. The molecule has 8 heteroatoms. The van der Waals surface area contributed by atoms with Crippen molar-refractivity contribution in [2.75, 3.05) is 0 Å². The van der Waals surface area contributed by atoms with Gasteiger partial charge in [0, 0.05) is 10.6 Å². The zero-order chi connectivity index (χ0) is 25.5. The molecule has 0 radical (unpaired) electrons. The van der Waals surface area contributed by atoms with Gasteiger partial charge in [0.15, 0.2) is 0 Å². The SMILES string of the molecule is CC(C)(C)OC(=O)NC(C)(C)C(=O)N[C@H](CCCc1ccccc1)C(=N)c1cc(Cl)ccc1O. The Balaban J connectivity index is 2.18. The lowest BCUT2D eigenvalue weighted by atomic mass is 9.95. The highest BCUT2D eigenvalue weighted by Crippen LogP contribution is 2.24. The van der Waals surface area contributed by atoms with Crippen LogP contribution in [0.25, 0.3) is 0 Å². The van der Waals surface area contributed by atoms with E-state index in [-0.39, 0.29) is 17.0 Å². The van der Waals surface area contributed by atoms with E-state index < -0.39 is 29.2 Å². The van der Waals surface area contributed by atoms with Gasteiger partial charge in [0.1, 0.15) is 16.9 Å². The number of carbonyl (C=O) groups excluding carboxylic acids is 2.